The van der Waals surface area contributed by atoms with Crippen LogP contribution in [0.1, 0.15) is 144 Å². The summed E-state index contributed by atoms with van der Waals surface area (Å²) in [5.41, 5.74) is 1.11. The van der Waals surface area contributed by atoms with Crippen LogP contribution in [-0.4, -0.2) is 138 Å². The van der Waals surface area contributed by atoms with Gasteiger partial charge in [-0.1, -0.05) is 58.8 Å². The Balaban J connectivity index is 1.66. The number of piperidine rings is 1. The van der Waals surface area contributed by atoms with Gasteiger partial charge in [-0.05, 0) is 113 Å². The van der Waals surface area contributed by atoms with Crippen LogP contribution in [0.25, 0.3) is 0 Å². The van der Waals surface area contributed by atoms with Gasteiger partial charge in [0.2, 0.25) is 5.79 Å². The van der Waals surface area contributed by atoms with Gasteiger partial charge in [0.25, 0.3) is 11.7 Å². The summed E-state index contributed by atoms with van der Waals surface area (Å²) in [4.78, 5) is 82.0. The van der Waals surface area contributed by atoms with Gasteiger partial charge in [-0.25, -0.2) is 4.79 Å². The average molecular weight is 960 g/mol. The van der Waals surface area contributed by atoms with E-state index in [2.05, 4.69) is 6.58 Å². The number of carboxylic acids is 1. The summed E-state index contributed by atoms with van der Waals surface area (Å²) in [7, 11) is 4.60. The summed E-state index contributed by atoms with van der Waals surface area (Å²) in [6.07, 6.45) is 7.24. The molecule has 2 saturated heterocycles. The van der Waals surface area contributed by atoms with Crippen molar-refractivity contribution in [2.45, 2.75) is 198 Å². The number of nitrogens with zero attached hydrogens (tertiary/aromatic N) is 1. The summed E-state index contributed by atoms with van der Waals surface area (Å²) in [6, 6.07) is -1.19. The number of fused-ring (bicyclic) bond motifs is 3. The number of amides is 1. The molecule has 3 fully saturated rings. The number of allylic oxidation sites excluding steroid dienone is 4. The van der Waals surface area contributed by atoms with Gasteiger partial charge in [0.05, 0.1) is 24.4 Å². The molecule has 3 aliphatic heterocycles. The topological polar surface area (TPSA) is 222 Å². The number of cyclic esters (lactones) is 1. The Morgan fingerprint density at radius 3 is 2.18 bits per heavy atom. The SMILES string of the molecule is C=CC/C1=C\C(C)C[C@H](C)C[C@H](OC)[C@H]2O[C@@](O)(C(=O)C(=O)N3CCCC[C@H]3C(=O)O[C@H](C(C)=C[C@@H]3CC[C@@H](OC(=O)CCCCCCC(=O)O)[C@H](OC)C3)[C@H](C)[C@@H](O)CC1=O)[C@H](C)C[C@@H]2OC. The van der Waals surface area contributed by atoms with Gasteiger partial charge < -0.3 is 48.6 Å². The molecule has 14 atom stereocenters. The Morgan fingerprint density at radius 2 is 1.53 bits per heavy atom. The number of hydrogen-bond donors (Lipinski definition) is 3. The van der Waals surface area contributed by atoms with Gasteiger partial charge in [-0.3, -0.25) is 24.0 Å². The number of ketones is 2. The fraction of sp³-hybridized carbons (Fsp3) is 0.769. The Hall–Kier alpha value is -3.80. The molecule has 4 rings (SSSR count). The molecule has 0 aromatic rings. The highest BCUT2D eigenvalue weighted by molar-refractivity contribution is 6.39. The van der Waals surface area contributed by atoms with Crippen molar-refractivity contribution in [2.24, 2.45) is 29.6 Å². The summed E-state index contributed by atoms with van der Waals surface area (Å²) in [5, 5.41) is 32.8. The molecule has 0 spiro atoms. The minimum absolute atomic E-state index is 0.00749. The van der Waals surface area contributed by atoms with Gasteiger partial charge in [-0.2, -0.15) is 0 Å². The van der Waals surface area contributed by atoms with Crippen LogP contribution in [0.4, 0.5) is 0 Å². The number of unbranched alkanes of at least 4 members (excludes halogenated alkanes) is 3. The Labute approximate surface area is 403 Å². The van der Waals surface area contributed by atoms with Crippen molar-refractivity contribution >= 4 is 35.4 Å². The molecule has 1 aliphatic carbocycles. The first-order chi connectivity index (χ1) is 32.3. The van der Waals surface area contributed by atoms with Crippen LogP contribution < -0.4 is 0 Å². The molecule has 1 amide bonds. The van der Waals surface area contributed by atoms with Crippen LogP contribution in [0.2, 0.25) is 0 Å². The van der Waals surface area contributed by atoms with E-state index in [1.807, 2.05) is 26.0 Å². The Kier molecular flexibility index (Phi) is 22.5. The summed E-state index contributed by atoms with van der Waals surface area (Å²) in [6.45, 7) is 13.1. The molecule has 0 aromatic carbocycles. The molecule has 3 heterocycles. The number of aliphatic carboxylic acids is 1. The van der Waals surface area contributed by atoms with Crippen LogP contribution in [-0.2, 0) is 57.2 Å². The lowest BCUT2D eigenvalue weighted by atomic mass is 9.81. The number of methoxy groups -OCH3 is 3. The molecule has 68 heavy (non-hydrogen) atoms. The number of carboxylic acid groups (broad SMARTS) is 1. The highest BCUT2D eigenvalue weighted by atomic mass is 16.7. The molecule has 0 aromatic heterocycles. The van der Waals surface area contributed by atoms with Crippen LogP contribution in [0, 0.1) is 29.6 Å². The molecule has 16 nitrogen and oxygen atoms in total. The fourth-order valence-corrected chi connectivity index (χ4v) is 10.7. The smallest absolute Gasteiger partial charge is 0.329 e. The van der Waals surface area contributed by atoms with Crippen molar-refractivity contribution in [2.75, 3.05) is 27.9 Å². The molecular weight excluding hydrogens is 879 g/mol. The zero-order valence-electron chi connectivity index (χ0n) is 41.9. The molecule has 1 saturated carbocycles. The van der Waals surface area contributed by atoms with Crippen LogP contribution in [0.5, 0.6) is 0 Å². The number of hydrogen-bond acceptors (Lipinski definition) is 14. The molecule has 0 radical (unpaired) electrons. The zero-order chi connectivity index (χ0) is 50.3. The number of Topliss-reactive ketones (excluding diaryl/α,β-unsaturated/α-hetero) is 2. The second-order valence-electron chi connectivity index (χ2n) is 20.0. The Bertz CT molecular complexity index is 1800. The molecule has 1 unspecified atom stereocenters. The standard InChI is InChI=1S/C52H81NO15/c1-10-17-37-25-31(2)24-32(3)26-43(64-8)48-44(65-9)28-34(5)52(62,68-48)49(59)50(60)53-23-16-15-18-38(53)51(61)67-47(35(6)39(54)30-40(37)55)33(4)27-36-21-22-41(42(29-36)63-7)66-46(58)20-14-12-11-13-19-45(56)57/h10,25,27,31-32,34-36,38-39,41-44,47-48,54,62H,1,11-24,26,28-30H2,2-9H3,(H,56,57)/b33-27?,37-25+/t31?,32-,34+,35+,36-,38-,39-,41+,42+,43-,44-,47+,48+,52+/m0/s1. The van der Waals surface area contributed by atoms with E-state index in [4.69, 9.17) is 33.5 Å². The first kappa shape index (κ1) is 56.8. The monoisotopic (exact) mass is 960 g/mol. The molecule has 4 aliphatic rings. The summed E-state index contributed by atoms with van der Waals surface area (Å²) in [5.74, 6) is -8.88. The maximum absolute atomic E-state index is 14.5. The molecular formula is C52H81NO15. The van der Waals surface area contributed by atoms with Crippen LogP contribution in [0.3, 0.4) is 0 Å². The van der Waals surface area contributed by atoms with Gasteiger partial charge in [0.1, 0.15) is 24.4 Å². The van der Waals surface area contributed by atoms with Crippen molar-refractivity contribution in [1.82, 2.24) is 4.90 Å². The van der Waals surface area contributed by atoms with Gasteiger partial charge in [0, 0.05) is 59.0 Å². The van der Waals surface area contributed by atoms with Crippen molar-refractivity contribution in [3.63, 3.8) is 0 Å². The highest BCUT2D eigenvalue weighted by Gasteiger charge is 2.56. The lowest BCUT2D eigenvalue weighted by Crippen LogP contribution is -2.64. The number of esters is 2. The summed E-state index contributed by atoms with van der Waals surface area (Å²) < 4.78 is 36.1. The lowest BCUT2D eigenvalue weighted by Gasteiger charge is -2.47. The molecule has 2 bridgehead atoms. The third kappa shape index (κ3) is 15.3. The highest BCUT2D eigenvalue weighted by Crippen LogP contribution is 2.39. The van der Waals surface area contributed by atoms with Gasteiger partial charge >= 0.3 is 17.9 Å². The van der Waals surface area contributed by atoms with E-state index >= 15 is 0 Å². The predicted molar refractivity (Wildman–Crippen MR) is 252 cm³/mol. The van der Waals surface area contributed by atoms with Gasteiger partial charge in [0.15, 0.2) is 5.78 Å². The minimum atomic E-state index is -2.54. The van der Waals surface area contributed by atoms with E-state index in [1.165, 1.54) is 14.2 Å². The predicted octanol–water partition coefficient (Wildman–Crippen LogP) is 6.62. The number of ether oxygens (including phenoxy) is 6. The first-order valence-corrected chi connectivity index (χ1v) is 24.9. The van der Waals surface area contributed by atoms with Crippen LogP contribution >= 0.6 is 0 Å². The lowest BCUT2D eigenvalue weighted by molar-refractivity contribution is -0.302. The fourth-order valence-electron chi connectivity index (χ4n) is 10.7. The second-order valence-corrected chi connectivity index (χ2v) is 20.0. The third-order valence-corrected chi connectivity index (χ3v) is 14.6. The molecule has 3 N–H and O–H groups in total. The van der Waals surface area contributed by atoms with Crippen molar-refractivity contribution in [3.05, 3.63) is 36.0 Å². The number of carbonyl (C=O) groups is 6. The van der Waals surface area contributed by atoms with E-state index in [0.717, 1.165) is 11.3 Å². The number of carbonyl (C=O) groups excluding carboxylic acids is 5. The van der Waals surface area contributed by atoms with E-state index in [0.29, 0.717) is 75.4 Å². The van der Waals surface area contributed by atoms with E-state index in [9.17, 15) is 39.0 Å². The first-order valence-electron chi connectivity index (χ1n) is 24.9. The molecule has 16 heteroatoms. The average Bonchev–Trinajstić information content (AvgIpc) is 3.30. The quantitative estimate of drug-likeness (QED) is 0.0680. The van der Waals surface area contributed by atoms with E-state index < -0.39 is 90.0 Å². The normalized spacial score (nSPS) is 36.1. The van der Waals surface area contributed by atoms with Crippen molar-refractivity contribution < 1.29 is 72.5 Å². The third-order valence-electron chi connectivity index (χ3n) is 14.6. The van der Waals surface area contributed by atoms with Crippen molar-refractivity contribution in [3.8, 4) is 0 Å². The van der Waals surface area contributed by atoms with E-state index in [-0.39, 0.29) is 74.6 Å². The zero-order valence-corrected chi connectivity index (χ0v) is 41.9. The number of aliphatic hydroxyl groups is 2. The van der Waals surface area contributed by atoms with Crippen molar-refractivity contribution in [1.29, 1.82) is 0 Å². The number of rotatable bonds is 15. The van der Waals surface area contributed by atoms with Crippen LogP contribution in [0.15, 0.2) is 36.0 Å². The molecule has 384 valence electrons. The van der Waals surface area contributed by atoms with E-state index in [1.54, 1.807) is 34.0 Å². The number of aliphatic hydroxyl groups excluding tert-OH is 1. The second kappa shape index (κ2) is 27.0. The van der Waals surface area contributed by atoms with Gasteiger partial charge in [-0.15, -0.1) is 6.58 Å². The minimum Gasteiger partial charge on any atom is -0.481 e. The maximum atomic E-state index is 14.5. The summed E-state index contributed by atoms with van der Waals surface area (Å²) >= 11 is 0. The largest absolute Gasteiger partial charge is 0.481 e. The Morgan fingerprint density at radius 1 is 0.868 bits per heavy atom. The maximum Gasteiger partial charge on any atom is 0.329 e.